The zero-order chi connectivity index (χ0) is 10.8. The van der Waals surface area contributed by atoms with Crippen molar-refractivity contribution in [2.75, 3.05) is 0 Å². The van der Waals surface area contributed by atoms with Gasteiger partial charge in [0, 0.05) is 11.3 Å². The summed E-state index contributed by atoms with van der Waals surface area (Å²) in [5, 5.41) is 24.6. The largest absolute Gasteiger partial charge is 0.480 e. The van der Waals surface area contributed by atoms with Crippen molar-refractivity contribution in [2.24, 2.45) is 5.16 Å². The monoisotopic (exact) mass is 209 g/mol. The van der Waals surface area contributed by atoms with E-state index in [0.717, 1.165) is 24.1 Å². The predicted octanol–water partition coefficient (Wildman–Crippen LogP) is 0.482. The number of hydrogen-bond acceptors (Lipinski definition) is 4. The van der Waals surface area contributed by atoms with Gasteiger partial charge in [-0.3, -0.25) is 9.48 Å². The van der Waals surface area contributed by atoms with Gasteiger partial charge >= 0.3 is 5.97 Å². The van der Waals surface area contributed by atoms with Crippen LogP contribution in [0, 0.1) is 0 Å². The lowest BCUT2D eigenvalue weighted by Crippen LogP contribution is -2.17. The number of carboxylic acids is 1. The number of aromatic nitrogens is 2. The minimum atomic E-state index is -0.922. The molecule has 1 heterocycles. The van der Waals surface area contributed by atoms with Crippen LogP contribution in [0.15, 0.2) is 11.4 Å². The van der Waals surface area contributed by atoms with Crippen LogP contribution < -0.4 is 0 Å². The van der Waals surface area contributed by atoms with E-state index < -0.39 is 5.97 Å². The Morgan fingerprint density at radius 3 is 3.07 bits per heavy atom. The summed E-state index contributed by atoms with van der Waals surface area (Å²) in [6, 6.07) is 0. The van der Waals surface area contributed by atoms with Gasteiger partial charge in [0.05, 0.1) is 11.9 Å². The number of fused-ring (bicyclic) bond motifs is 1. The normalized spacial score (nSPS) is 17.7. The minimum Gasteiger partial charge on any atom is -0.480 e. The number of hydrogen-bond donors (Lipinski definition) is 2. The van der Waals surface area contributed by atoms with Gasteiger partial charge in [-0.2, -0.15) is 5.10 Å². The van der Waals surface area contributed by atoms with Gasteiger partial charge in [-0.25, -0.2) is 0 Å². The topological polar surface area (TPSA) is 87.7 Å². The number of nitrogens with zero attached hydrogens (tertiary/aromatic N) is 3. The Kier molecular flexibility index (Phi) is 2.40. The number of carboxylic acid groups (broad SMARTS) is 1. The van der Waals surface area contributed by atoms with E-state index in [1.165, 1.54) is 4.68 Å². The van der Waals surface area contributed by atoms with Gasteiger partial charge in [-0.15, -0.1) is 0 Å². The second-order valence-corrected chi connectivity index (χ2v) is 3.46. The van der Waals surface area contributed by atoms with Gasteiger partial charge in [0.1, 0.15) is 6.54 Å². The van der Waals surface area contributed by atoms with Crippen molar-refractivity contribution in [1.82, 2.24) is 9.78 Å². The third kappa shape index (κ3) is 1.70. The van der Waals surface area contributed by atoms with Crippen molar-refractivity contribution in [2.45, 2.75) is 25.8 Å². The van der Waals surface area contributed by atoms with Crippen molar-refractivity contribution in [3.63, 3.8) is 0 Å². The van der Waals surface area contributed by atoms with E-state index >= 15 is 0 Å². The Hall–Kier alpha value is -1.85. The summed E-state index contributed by atoms with van der Waals surface area (Å²) in [7, 11) is 0. The van der Waals surface area contributed by atoms with Crippen molar-refractivity contribution in [3.05, 3.63) is 17.5 Å². The fraction of sp³-hybridized carbons (Fsp3) is 0.444. The molecule has 2 rings (SSSR count). The molecule has 0 saturated heterocycles. The first-order valence-electron chi connectivity index (χ1n) is 4.70. The van der Waals surface area contributed by atoms with Crippen LogP contribution in [-0.2, 0) is 17.8 Å². The standard InChI is InChI=1S/C9H11N3O3/c13-9(14)5-12-8-3-1-2-7(11-15)6(8)4-10-12/h4,15H,1-3,5H2,(H,13,14). The molecular formula is C9H11N3O3. The quantitative estimate of drug-likeness (QED) is 0.547. The maximum atomic E-state index is 10.6. The number of oxime groups is 1. The molecule has 1 aromatic rings. The highest BCUT2D eigenvalue weighted by atomic mass is 16.4. The SMILES string of the molecule is O=C(O)Cn1ncc2c1CCCC2=NO. The maximum Gasteiger partial charge on any atom is 0.325 e. The Bertz CT molecular complexity index is 422. The second kappa shape index (κ2) is 3.72. The van der Waals surface area contributed by atoms with Crippen molar-refractivity contribution in [3.8, 4) is 0 Å². The van der Waals surface area contributed by atoms with Crippen LogP contribution in [-0.4, -0.2) is 31.8 Å². The van der Waals surface area contributed by atoms with E-state index in [1.54, 1.807) is 6.20 Å². The summed E-state index contributed by atoms with van der Waals surface area (Å²) in [6.07, 6.45) is 3.91. The molecule has 1 aliphatic carbocycles. The van der Waals surface area contributed by atoms with E-state index in [1.807, 2.05) is 0 Å². The molecule has 0 saturated carbocycles. The van der Waals surface area contributed by atoms with Crippen molar-refractivity contribution in [1.29, 1.82) is 0 Å². The number of carbonyl (C=O) groups is 1. The lowest BCUT2D eigenvalue weighted by molar-refractivity contribution is -0.137. The molecule has 0 fully saturated rings. The Labute approximate surface area is 85.8 Å². The van der Waals surface area contributed by atoms with Gasteiger partial charge in [0.25, 0.3) is 0 Å². The third-order valence-corrected chi connectivity index (χ3v) is 2.49. The molecule has 0 aliphatic heterocycles. The highest BCUT2D eigenvalue weighted by Gasteiger charge is 2.21. The summed E-state index contributed by atoms with van der Waals surface area (Å²) in [6.45, 7) is -0.145. The molecule has 0 atom stereocenters. The van der Waals surface area contributed by atoms with Crippen LogP contribution in [0.25, 0.3) is 0 Å². The van der Waals surface area contributed by atoms with Gasteiger partial charge in [0.15, 0.2) is 0 Å². The molecule has 2 N–H and O–H groups in total. The van der Waals surface area contributed by atoms with E-state index in [0.29, 0.717) is 12.1 Å². The zero-order valence-corrected chi connectivity index (χ0v) is 8.05. The first kappa shape index (κ1) is 9.70. The van der Waals surface area contributed by atoms with Crippen LogP contribution in [0.5, 0.6) is 0 Å². The number of rotatable bonds is 2. The molecular weight excluding hydrogens is 198 g/mol. The summed E-state index contributed by atoms with van der Waals surface area (Å²) in [5.41, 5.74) is 2.20. The molecule has 6 nitrogen and oxygen atoms in total. The molecule has 6 heteroatoms. The first-order chi connectivity index (χ1) is 7.22. The average molecular weight is 209 g/mol. The van der Waals surface area contributed by atoms with Crippen LogP contribution in [0.1, 0.15) is 24.1 Å². The number of aliphatic carboxylic acids is 1. The lowest BCUT2D eigenvalue weighted by atomic mass is 9.96. The molecule has 15 heavy (non-hydrogen) atoms. The molecule has 0 bridgehead atoms. The van der Waals surface area contributed by atoms with E-state index in [-0.39, 0.29) is 6.54 Å². The van der Waals surface area contributed by atoms with Crippen LogP contribution >= 0.6 is 0 Å². The molecule has 1 aromatic heterocycles. The summed E-state index contributed by atoms with van der Waals surface area (Å²) >= 11 is 0. The average Bonchev–Trinajstić information content (AvgIpc) is 2.61. The zero-order valence-electron chi connectivity index (χ0n) is 8.05. The molecule has 1 aliphatic rings. The van der Waals surface area contributed by atoms with E-state index in [9.17, 15) is 4.79 Å². The summed E-state index contributed by atoms with van der Waals surface area (Å²) < 4.78 is 1.45. The molecule has 80 valence electrons. The van der Waals surface area contributed by atoms with Crippen molar-refractivity contribution >= 4 is 11.7 Å². The van der Waals surface area contributed by atoms with Crippen LogP contribution in [0.2, 0.25) is 0 Å². The Balaban J connectivity index is 2.38. The lowest BCUT2D eigenvalue weighted by Gasteiger charge is -2.13. The van der Waals surface area contributed by atoms with E-state index in [4.69, 9.17) is 10.3 Å². The summed E-state index contributed by atoms with van der Waals surface area (Å²) in [4.78, 5) is 10.6. The first-order valence-corrected chi connectivity index (χ1v) is 4.70. The highest BCUT2D eigenvalue weighted by Crippen LogP contribution is 2.21. The molecule has 0 aromatic carbocycles. The Morgan fingerprint density at radius 2 is 2.40 bits per heavy atom. The van der Waals surface area contributed by atoms with Gasteiger partial charge in [-0.1, -0.05) is 5.16 Å². The smallest absolute Gasteiger partial charge is 0.325 e. The van der Waals surface area contributed by atoms with Gasteiger partial charge < -0.3 is 10.3 Å². The fourth-order valence-corrected chi connectivity index (χ4v) is 1.84. The molecule has 0 unspecified atom stereocenters. The van der Waals surface area contributed by atoms with Gasteiger partial charge in [-0.05, 0) is 19.3 Å². The Morgan fingerprint density at radius 1 is 1.60 bits per heavy atom. The molecule has 0 radical (unpaired) electrons. The molecule has 0 amide bonds. The molecule has 0 spiro atoms. The predicted molar refractivity (Wildman–Crippen MR) is 51.1 cm³/mol. The van der Waals surface area contributed by atoms with Crippen molar-refractivity contribution < 1.29 is 15.1 Å². The van der Waals surface area contributed by atoms with Gasteiger partial charge in [0.2, 0.25) is 0 Å². The highest BCUT2D eigenvalue weighted by molar-refractivity contribution is 6.01. The maximum absolute atomic E-state index is 10.6. The second-order valence-electron chi connectivity index (χ2n) is 3.46. The van der Waals surface area contributed by atoms with Crippen LogP contribution in [0.4, 0.5) is 0 Å². The summed E-state index contributed by atoms with van der Waals surface area (Å²) in [5.74, 6) is -0.922. The minimum absolute atomic E-state index is 0.145. The van der Waals surface area contributed by atoms with Crippen LogP contribution in [0.3, 0.4) is 0 Å². The van der Waals surface area contributed by atoms with E-state index in [2.05, 4.69) is 10.3 Å². The third-order valence-electron chi connectivity index (χ3n) is 2.49. The fourth-order valence-electron chi connectivity index (χ4n) is 1.84.